The molecule has 0 atom stereocenters. The van der Waals surface area contributed by atoms with Crippen molar-refractivity contribution in [2.75, 3.05) is 25.5 Å². The Labute approximate surface area is 161 Å². The normalized spacial score (nSPS) is 11.4. The number of anilines is 1. The molecule has 2 aromatic rings. The van der Waals surface area contributed by atoms with Crippen molar-refractivity contribution in [3.05, 3.63) is 53.6 Å². The average molecular weight is 391 g/mol. The van der Waals surface area contributed by atoms with Crippen LogP contribution in [0.1, 0.15) is 25.0 Å². The highest BCUT2D eigenvalue weighted by Crippen LogP contribution is 2.22. The number of hydrogen-bond donors (Lipinski definition) is 1. The number of rotatable bonds is 8. The molecule has 0 saturated heterocycles. The number of para-hydroxylation sites is 1. The van der Waals surface area contributed by atoms with Crippen LogP contribution in [0.2, 0.25) is 0 Å². The highest BCUT2D eigenvalue weighted by Gasteiger charge is 2.23. The maximum Gasteiger partial charge on any atom is 0.243 e. The number of amides is 1. The van der Waals surface area contributed by atoms with Gasteiger partial charge in [0, 0.05) is 12.7 Å². The molecule has 0 heterocycles. The molecule has 7 heteroatoms. The van der Waals surface area contributed by atoms with Gasteiger partial charge >= 0.3 is 0 Å². The minimum absolute atomic E-state index is 0.117. The van der Waals surface area contributed by atoms with Gasteiger partial charge in [0.05, 0.1) is 18.0 Å². The first-order valence-electron chi connectivity index (χ1n) is 8.87. The minimum Gasteiger partial charge on any atom is -0.494 e. The molecule has 0 aliphatic carbocycles. The van der Waals surface area contributed by atoms with E-state index in [9.17, 15) is 13.2 Å². The molecule has 0 aliphatic rings. The molecule has 0 bridgehead atoms. The van der Waals surface area contributed by atoms with Crippen LogP contribution in [0.15, 0.2) is 47.4 Å². The molecule has 0 spiro atoms. The fourth-order valence-corrected chi connectivity index (χ4v) is 3.85. The molecular weight excluding hydrogens is 364 g/mol. The van der Waals surface area contributed by atoms with Gasteiger partial charge in [0.15, 0.2) is 0 Å². The molecule has 0 aliphatic heterocycles. The second-order valence-corrected chi connectivity index (χ2v) is 8.22. The van der Waals surface area contributed by atoms with E-state index in [2.05, 4.69) is 5.32 Å². The molecule has 2 aromatic carbocycles. The van der Waals surface area contributed by atoms with Crippen LogP contribution in [0, 0.1) is 6.92 Å². The Morgan fingerprint density at radius 1 is 1.11 bits per heavy atom. The fraction of sp³-hybridized carbons (Fsp3) is 0.350. The van der Waals surface area contributed by atoms with E-state index in [0.717, 1.165) is 27.5 Å². The Bertz CT molecular complexity index is 893. The van der Waals surface area contributed by atoms with Crippen LogP contribution in [0.5, 0.6) is 5.75 Å². The zero-order valence-corrected chi connectivity index (χ0v) is 17.0. The Morgan fingerprint density at radius 2 is 1.78 bits per heavy atom. The summed E-state index contributed by atoms with van der Waals surface area (Å²) in [5, 5.41) is 2.85. The highest BCUT2D eigenvalue weighted by atomic mass is 32.2. The number of carbonyl (C=O) groups excluding carboxylic acids is 1. The van der Waals surface area contributed by atoms with E-state index >= 15 is 0 Å². The molecule has 1 N–H and O–H groups in total. The lowest BCUT2D eigenvalue weighted by molar-refractivity contribution is -0.116. The van der Waals surface area contributed by atoms with Gasteiger partial charge < -0.3 is 10.1 Å². The first-order valence-corrected chi connectivity index (χ1v) is 10.3. The summed E-state index contributed by atoms with van der Waals surface area (Å²) in [5.74, 6) is 0.222. The van der Waals surface area contributed by atoms with Gasteiger partial charge in [0.2, 0.25) is 15.9 Å². The van der Waals surface area contributed by atoms with Crippen LogP contribution in [-0.4, -0.2) is 38.8 Å². The molecule has 6 nitrogen and oxygen atoms in total. The molecule has 27 heavy (non-hydrogen) atoms. The van der Waals surface area contributed by atoms with Crippen LogP contribution in [0.3, 0.4) is 0 Å². The van der Waals surface area contributed by atoms with Crippen LogP contribution in [0.4, 0.5) is 5.69 Å². The van der Waals surface area contributed by atoms with Crippen molar-refractivity contribution in [3.8, 4) is 5.75 Å². The van der Waals surface area contributed by atoms with E-state index in [1.807, 2.05) is 39.0 Å². The summed E-state index contributed by atoms with van der Waals surface area (Å²) in [6.07, 6.45) is 0.775. The van der Waals surface area contributed by atoms with E-state index in [4.69, 9.17) is 4.74 Å². The Hall–Kier alpha value is -2.38. The molecule has 0 saturated carbocycles. The number of nitrogens with one attached hydrogen (secondary N) is 1. The number of ether oxygens (including phenoxy) is 1. The summed E-state index contributed by atoms with van der Waals surface area (Å²) in [5.41, 5.74) is 2.71. The number of carbonyl (C=O) groups is 1. The molecule has 0 fully saturated rings. The van der Waals surface area contributed by atoms with Crippen molar-refractivity contribution < 1.29 is 17.9 Å². The smallest absolute Gasteiger partial charge is 0.243 e. The number of nitrogens with zero attached hydrogens (tertiary/aromatic N) is 1. The second kappa shape index (κ2) is 9.01. The lowest BCUT2D eigenvalue weighted by Gasteiger charge is -2.18. The molecule has 0 radical (unpaired) electrons. The summed E-state index contributed by atoms with van der Waals surface area (Å²) in [7, 11) is -2.37. The maximum atomic E-state index is 12.7. The van der Waals surface area contributed by atoms with E-state index in [-0.39, 0.29) is 17.3 Å². The monoisotopic (exact) mass is 390 g/mol. The highest BCUT2D eigenvalue weighted by molar-refractivity contribution is 7.89. The van der Waals surface area contributed by atoms with Crippen molar-refractivity contribution in [1.29, 1.82) is 0 Å². The summed E-state index contributed by atoms with van der Waals surface area (Å²) < 4.78 is 31.7. The average Bonchev–Trinajstić information content (AvgIpc) is 2.64. The van der Waals surface area contributed by atoms with Crippen LogP contribution in [-0.2, 0) is 21.2 Å². The van der Waals surface area contributed by atoms with Gasteiger partial charge in [0.1, 0.15) is 5.75 Å². The summed E-state index contributed by atoms with van der Waals surface area (Å²) in [6.45, 7) is 6.01. The predicted octanol–water partition coefficient (Wildman–Crippen LogP) is 3.22. The number of likely N-dealkylation sites (N-methyl/N-ethyl adjacent to an activating group) is 1. The van der Waals surface area contributed by atoms with Crippen LogP contribution >= 0.6 is 0 Å². The standard InChI is InChI=1S/C20H26N2O4S/c1-5-16-9-7-8-15(3)20(16)21-19(23)14-22(4)27(24,25)18-12-10-17(11-13-18)26-6-2/h7-13H,5-6,14H2,1-4H3,(H,21,23). The van der Waals surface area contributed by atoms with E-state index < -0.39 is 10.0 Å². The van der Waals surface area contributed by atoms with E-state index in [0.29, 0.717) is 12.4 Å². The second-order valence-electron chi connectivity index (χ2n) is 6.18. The van der Waals surface area contributed by atoms with Crippen molar-refractivity contribution >= 4 is 21.6 Å². The van der Waals surface area contributed by atoms with Crippen LogP contribution in [0.25, 0.3) is 0 Å². The van der Waals surface area contributed by atoms with E-state index in [1.54, 1.807) is 12.1 Å². The van der Waals surface area contributed by atoms with E-state index in [1.165, 1.54) is 19.2 Å². The molecular formula is C20H26N2O4S. The third-order valence-corrected chi connectivity index (χ3v) is 6.03. The summed E-state index contributed by atoms with van der Waals surface area (Å²) in [4.78, 5) is 12.5. The SMILES string of the molecule is CCOc1ccc(S(=O)(=O)N(C)CC(=O)Nc2c(C)cccc2CC)cc1. The molecule has 0 unspecified atom stereocenters. The van der Waals surface area contributed by atoms with Crippen LogP contribution < -0.4 is 10.1 Å². The Balaban J connectivity index is 2.11. The zero-order valence-electron chi connectivity index (χ0n) is 16.2. The lowest BCUT2D eigenvalue weighted by Crippen LogP contribution is -2.35. The van der Waals surface area contributed by atoms with Gasteiger partial charge in [-0.2, -0.15) is 4.31 Å². The number of aryl methyl sites for hydroxylation is 2. The first kappa shape index (κ1) is 20.9. The Kier molecular flexibility index (Phi) is 6.98. The Morgan fingerprint density at radius 3 is 2.37 bits per heavy atom. The van der Waals surface area contributed by atoms with Gasteiger partial charge in [-0.1, -0.05) is 25.1 Å². The number of benzene rings is 2. The van der Waals surface area contributed by atoms with Crippen molar-refractivity contribution in [2.45, 2.75) is 32.1 Å². The first-order chi connectivity index (χ1) is 12.8. The quantitative estimate of drug-likeness (QED) is 0.751. The largest absolute Gasteiger partial charge is 0.494 e. The summed E-state index contributed by atoms with van der Waals surface area (Å²) >= 11 is 0. The minimum atomic E-state index is -3.77. The van der Waals surface area contributed by atoms with Crippen molar-refractivity contribution in [3.63, 3.8) is 0 Å². The third-order valence-electron chi connectivity index (χ3n) is 4.21. The third kappa shape index (κ3) is 5.08. The fourth-order valence-electron chi connectivity index (χ4n) is 2.72. The molecule has 146 valence electrons. The lowest BCUT2D eigenvalue weighted by atomic mass is 10.1. The van der Waals surface area contributed by atoms with Crippen molar-refractivity contribution in [2.24, 2.45) is 0 Å². The van der Waals surface area contributed by atoms with Gasteiger partial charge in [0.25, 0.3) is 0 Å². The maximum absolute atomic E-state index is 12.7. The number of sulfonamides is 1. The predicted molar refractivity (Wildman–Crippen MR) is 107 cm³/mol. The molecule has 2 rings (SSSR count). The zero-order chi connectivity index (χ0) is 20.0. The summed E-state index contributed by atoms with van der Waals surface area (Å²) in [6, 6.07) is 12.0. The molecule has 0 aromatic heterocycles. The van der Waals surface area contributed by atoms with Crippen molar-refractivity contribution in [1.82, 2.24) is 4.31 Å². The van der Waals surface area contributed by atoms with Gasteiger partial charge in [-0.15, -0.1) is 0 Å². The topological polar surface area (TPSA) is 75.7 Å². The molecule has 1 amide bonds. The number of hydrogen-bond acceptors (Lipinski definition) is 4. The van der Waals surface area contributed by atoms with Gasteiger partial charge in [-0.05, 0) is 55.7 Å². The van der Waals surface area contributed by atoms with Gasteiger partial charge in [-0.25, -0.2) is 8.42 Å². The van der Waals surface area contributed by atoms with Gasteiger partial charge in [-0.3, -0.25) is 4.79 Å².